The summed E-state index contributed by atoms with van der Waals surface area (Å²) in [6.07, 6.45) is 0. The summed E-state index contributed by atoms with van der Waals surface area (Å²) in [6.45, 7) is 0.469. The van der Waals surface area contributed by atoms with Crippen LogP contribution in [0.3, 0.4) is 0 Å². The molecule has 0 aliphatic rings. The molecule has 0 aromatic heterocycles. The second kappa shape index (κ2) is 7.88. The average Bonchev–Trinajstić information content (AvgIpc) is 2.67. The van der Waals surface area contributed by atoms with Crippen LogP contribution in [-0.2, 0) is 6.61 Å². The van der Waals surface area contributed by atoms with Gasteiger partial charge in [-0.3, -0.25) is 10.5 Å². The Morgan fingerprint density at radius 3 is 2.52 bits per heavy atom. The highest BCUT2D eigenvalue weighted by Gasteiger charge is 2.11. The van der Waals surface area contributed by atoms with Gasteiger partial charge in [0, 0.05) is 21.7 Å². The van der Waals surface area contributed by atoms with Gasteiger partial charge in [-0.2, -0.15) is 0 Å². The minimum absolute atomic E-state index is 0.346. The second-order valence-corrected chi connectivity index (χ2v) is 6.25. The number of hydrogen-bond acceptors (Lipinski definition) is 5. The zero-order valence-corrected chi connectivity index (χ0v) is 14.4. The molecule has 0 saturated carbocycles. The summed E-state index contributed by atoms with van der Waals surface area (Å²) in [6, 6.07) is 22.9. The fraction of sp³-hybridized carbons (Fsp3) is 0.0500. The summed E-state index contributed by atoms with van der Waals surface area (Å²) in [5, 5.41) is 14.1. The summed E-state index contributed by atoms with van der Waals surface area (Å²) in [5.74, 6) is 0.683. The van der Waals surface area contributed by atoms with Crippen LogP contribution in [0.15, 0.2) is 77.7 Å². The molecule has 0 heterocycles. The van der Waals surface area contributed by atoms with Gasteiger partial charge in [0.2, 0.25) is 0 Å². The lowest BCUT2D eigenvalue weighted by Gasteiger charge is -2.12. The molecule has 0 fully saturated rings. The Labute approximate surface area is 151 Å². The van der Waals surface area contributed by atoms with E-state index in [0.29, 0.717) is 29.3 Å². The van der Waals surface area contributed by atoms with Gasteiger partial charge in [-0.05, 0) is 47.8 Å². The lowest BCUT2D eigenvalue weighted by molar-refractivity contribution is 0.306. The average molecular weight is 349 g/mol. The highest BCUT2D eigenvalue weighted by molar-refractivity contribution is 7.97. The van der Waals surface area contributed by atoms with Crippen molar-refractivity contribution in [2.24, 2.45) is 5.14 Å². The summed E-state index contributed by atoms with van der Waals surface area (Å²) >= 11 is 1.16. The zero-order valence-electron chi connectivity index (χ0n) is 13.6. The Hall–Kier alpha value is -2.76. The Kier molecular flexibility index (Phi) is 5.38. The largest absolute Gasteiger partial charge is 0.489 e. The molecule has 5 heteroatoms. The third-order valence-corrected chi connectivity index (χ3v) is 4.33. The van der Waals surface area contributed by atoms with E-state index >= 15 is 0 Å². The van der Waals surface area contributed by atoms with Crippen LogP contribution in [-0.4, -0.2) is 5.71 Å². The zero-order chi connectivity index (χ0) is 17.6. The highest BCUT2D eigenvalue weighted by Crippen LogP contribution is 2.24. The van der Waals surface area contributed by atoms with Crippen LogP contribution in [0.2, 0.25) is 0 Å². The molecule has 3 rings (SSSR count). The molecule has 5 N–H and O–H groups in total. The molecular weight excluding hydrogens is 330 g/mol. The Morgan fingerprint density at radius 1 is 0.960 bits per heavy atom. The Balaban J connectivity index is 1.82. The molecule has 4 nitrogen and oxygen atoms in total. The molecule has 0 atom stereocenters. The number of anilines is 1. The molecule has 0 spiro atoms. The topological polar surface area (TPSA) is 85.1 Å². The van der Waals surface area contributed by atoms with E-state index in [2.05, 4.69) is 0 Å². The molecule has 0 aliphatic heterocycles. The smallest absolute Gasteiger partial charge is 0.120 e. The Morgan fingerprint density at radius 2 is 1.76 bits per heavy atom. The van der Waals surface area contributed by atoms with Crippen molar-refractivity contribution in [2.75, 3.05) is 5.73 Å². The van der Waals surface area contributed by atoms with Crippen molar-refractivity contribution in [3.05, 3.63) is 89.5 Å². The molecule has 3 aromatic rings. The SMILES string of the molecule is N=C(c1cccc(SN)c1)c1cc(OCc2ccccc2)ccc1N. The first-order chi connectivity index (χ1) is 12.2. The molecule has 25 heavy (non-hydrogen) atoms. The minimum atomic E-state index is 0.346. The van der Waals surface area contributed by atoms with Crippen molar-refractivity contribution in [2.45, 2.75) is 11.5 Å². The number of ether oxygens (including phenoxy) is 1. The summed E-state index contributed by atoms with van der Waals surface area (Å²) in [5.41, 5.74) is 9.47. The quantitative estimate of drug-likeness (QED) is 0.353. The van der Waals surface area contributed by atoms with Crippen LogP contribution in [0, 0.1) is 5.41 Å². The summed E-state index contributed by atoms with van der Waals surface area (Å²) in [4.78, 5) is 0.900. The molecule has 126 valence electrons. The number of hydrogen-bond donors (Lipinski definition) is 3. The maximum absolute atomic E-state index is 8.49. The molecule has 0 saturated heterocycles. The molecular formula is C20H19N3OS. The van der Waals surface area contributed by atoms with E-state index in [1.807, 2.05) is 66.7 Å². The van der Waals surface area contributed by atoms with E-state index < -0.39 is 0 Å². The monoisotopic (exact) mass is 349 g/mol. The first-order valence-electron chi connectivity index (χ1n) is 7.79. The first kappa shape index (κ1) is 17.1. The lowest BCUT2D eigenvalue weighted by atomic mass is 10.0. The molecule has 0 unspecified atom stereocenters. The fourth-order valence-corrected chi connectivity index (χ4v) is 2.82. The van der Waals surface area contributed by atoms with E-state index in [9.17, 15) is 0 Å². The number of rotatable bonds is 6. The molecule has 0 amide bonds. The number of nitrogen functional groups attached to an aromatic ring is 1. The van der Waals surface area contributed by atoms with Gasteiger partial charge in [0.1, 0.15) is 12.4 Å². The maximum atomic E-state index is 8.49. The van der Waals surface area contributed by atoms with E-state index in [1.165, 1.54) is 0 Å². The molecule has 3 aromatic carbocycles. The van der Waals surface area contributed by atoms with Crippen LogP contribution in [0.4, 0.5) is 5.69 Å². The number of nitrogens with two attached hydrogens (primary N) is 2. The van der Waals surface area contributed by atoms with Gasteiger partial charge in [0.15, 0.2) is 0 Å². The van der Waals surface area contributed by atoms with Crippen molar-refractivity contribution >= 4 is 23.3 Å². The molecule has 0 radical (unpaired) electrons. The number of benzene rings is 3. The van der Waals surface area contributed by atoms with E-state index in [0.717, 1.165) is 28.0 Å². The van der Waals surface area contributed by atoms with Crippen LogP contribution >= 0.6 is 11.9 Å². The van der Waals surface area contributed by atoms with Crippen LogP contribution < -0.4 is 15.6 Å². The van der Waals surface area contributed by atoms with Gasteiger partial charge in [-0.15, -0.1) is 0 Å². The first-order valence-corrected chi connectivity index (χ1v) is 8.67. The van der Waals surface area contributed by atoms with Crippen LogP contribution in [0.5, 0.6) is 5.75 Å². The van der Waals surface area contributed by atoms with Crippen LogP contribution in [0.1, 0.15) is 16.7 Å². The van der Waals surface area contributed by atoms with Gasteiger partial charge in [-0.25, -0.2) is 0 Å². The lowest BCUT2D eigenvalue weighted by Crippen LogP contribution is -2.06. The van der Waals surface area contributed by atoms with Crippen molar-refractivity contribution in [1.82, 2.24) is 0 Å². The van der Waals surface area contributed by atoms with E-state index in [1.54, 1.807) is 6.07 Å². The van der Waals surface area contributed by atoms with Gasteiger partial charge >= 0.3 is 0 Å². The standard InChI is InChI=1S/C20H19N3OS/c21-19-10-9-16(24-13-14-5-2-1-3-6-14)12-18(19)20(22)15-7-4-8-17(11-15)25-23/h1-12,22H,13,21,23H2. The molecule has 0 bridgehead atoms. The summed E-state index contributed by atoms with van der Waals surface area (Å²) < 4.78 is 5.84. The third-order valence-electron chi connectivity index (χ3n) is 3.80. The summed E-state index contributed by atoms with van der Waals surface area (Å²) in [7, 11) is 0. The van der Waals surface area contributed by atoms with Crippen LogP contribution in [0.25, 0.3) is 0 Å². The van der Waals surface area contributed by atoms with Crippen molar-refractivity contribution < 1.29 is 4.74 Å². The van der Waals surface area contributed by atoms with Crippen molar-refractivity contribution in [3.63, 3.8) is 0 Å². The molecule has 0 aliphatic carbocycles. The highest BCUT2D eigenvalue weighted by atomic mass is 32.2. The fourth-order valence-electron chi connectivity index (χ4n) is 2.46. The van der Waals surface area contributed by atoms with Gasteiger partial charge in [0.05, 0.1) is 5.71 Å². The minimum Gasteiger partial charge on any atom is -0.489 e. The Bertz CT molecular complexity index is 881. The van der Waals surface area contributed by atoms with Gasteiger partial charge in [0.25, 0.3) is 0 Å². The normalized spacial score (nSPS) is 10.4. The predicted molar refractivity (Wildman–Crippen MR) is 104 cm³/mol. The second-order valence-electron chi connectivity index (χ2n) is 5.54. The number of nitrogens with one attached hydrogen (secondary N) is 1. The van der Waals surface area contributed by atoms with Crippen molar-refractivity contribution in [3.8, 4) is 5.75 Å². The predicted octanol–water partition coefficient (Wildman–Crippen LogP) is 4.23. The maximum Gasteiger partial charge on any atom is 0.120 e. The van der Waals surface area contributed by atoms with Gasteiger partial charge < -0.3 is 10.5 Å². The third kappa shape index (κ3) is 4.21. The van der Waals surface area contributed by atoms with Gasteiger partial charge in [-0.1, -0.05) is 42.5 Å². The van der Waals surface area contributed by atoms with Crippen molar-refractivity contribution in [1.29, 1.82) is 5.41 Å². The van der Waals surface area contributed by atoms with E-state index in [-0.39, 0.29) is 0 Å². The van der Waals surface area contributed by atoms with E-state index in [4.69, 9.17) is 21.0 Å².